The maximum absolute atomic E-state index is 12.8. The van der Waals surface area contributed by atoms with Crippen molar-refractivity contribution in [2.24, 2.45) is 0 Å². The van der Waals surface area contributed by atoms with Crippen LogP contribution in [0.3, 0.4) is 0 Å². The van der Waals surface area contributed by atoms with Gasteiger partial charge in [-0.3, -0.25) is 13.8 Å². The molecule has 9 heteroatoms. The first-order valence-electron chi connectivity index (χ1n) is 22.1. The second kappa shape index (κ2) is 35.9. The van der Waals surface area contributed by atoms with Gasteiger partial charge < -0.3 is 19.8 Å². The van der Waals surface area contributed by atoms with E-state index in [0.717, 1.165) is 38.5 Å². The van der Waals surface area contributed by atoms with Crippen molar-refractivity contribution in [2.75, 3.05) is 40.9 Å². The molecule has 0 aromatic rings. The van der Waals surface area contributed by atoms with Gasteiger partial charge in [0.1, 0.15) is 13.2 Å². The fourth-order valence-electron chi connectivity index (χ4n) is 6.45. The number of carbonyl (C=O) groups is 1. The van der Waals surface area contributed by atoms with Gasteiger partial charge in [-0.05, 0) is 19.3 Å². The monoisotopic (exact) mass is 760 g/mol. The highest BCUT2D eigenvalue weighted by Gasteiger charge is 2.27. The summed E-state index contributed by atoms with van der Waals surface area (Å²) in [6, 6.07) is -0.839. The number of nitrogens with one attached hydrogen (secondary N) is 1. The molecule has 0 spiro atoms. The van der Waals surface area contributed by atoms with Crippen LogP contribution in [0.1, 0.15) is 206 Å². The van der Waals surface area contributed by atoms with Gasteiger partial charge in [0, 0.05) is 6.42 Å². The largest absolute Gasteiger partial charge is 0.472 e. The van der Waals surface area contributed by atoms with Crippen molar-refractivity contribution in [1.29, 1.82) is 0 Å². The number of amides is 1. The van der Waals surface area contributed by atoms with Gasteiger partial charge in [-0.25, -0.2) is 4.57 Å². The SMILES string of the molecule is CCCCCCCCCCCCCC/C=C/C(O)C(COP(=O)(O)OCC[N+](C)(C)C)NC(=O)CCCCCCCCCCCCCCCCCC. The van der Waals surface area contributed by atoms with Crippen LogP contribution in [0.15, 0.2) is 12.2 Å². The number of aliphatic hydroxyl groups excluding tert-OH is 1. The quantitative estimate of drug-likeness (QED) is 0.0249. The average molecular weight is 760 g/mol. The van der Waals surface area contributed by atoms with E-state index in [-0.39, 0.29) is 19.1 Å². The number of nitrogens with zero attached hydrogens (tertiary/aromatic N) is 1. The molecule has 0 aliphatic rings. The molecule has 0 aromatic carbocycles. The van der Waals surface area contributed by atoms with Crippen LogP contribution in [-0.4, -0.2) is 73.4 Å². The van der Waals surface area contributed by atoms with Gasteiger partial charge >= 0.3 is 7.82 Å². The van der Waals surface area contributed by atoms with E-state index in [1.54, 1.807) is 6.08 Å². The summed E-state index contributed by atoms with van der Waals surface area (Å²) in [5.74, 6) is -0.175. The maximum atomic E-state index is 12.8. The molecule has 310 valence electrons. The number of hydrogen-bond acceptors (Lipinski definition) is 5. The number of rotatable bonds is 40. The van der Waals surface area contributed by atoms with Crippen molar-refractivity contribution in [3.8, 4) is 0 Å². The van der Waals surface area contributed by atoms with Crippen molar-refractivity contribution in [1.82, 2.24) is 5.32 Å². The molecule has 0 rings (SSSR count). The number of likely N-dealkylation sites (N-methyl/N-ethyl adjacent to an activating group) is 1. The Morgan fingerprint density at radius 2 is 1.02 bits per heavy atom. The molecule has 0 heterocycles. The lowest BCUT2D eigenvalue weighted by Crippen LogP contribution is -2.45. The van der Waals surface area contributed by atoms with E-state index in [1.807, 2.05) is 27.2 Å². The normalized spacial score (nSPS) is 14.5. The molecule has 0 aliphatic carbocycles. The Hall–Kier alpha value is -0.760. The first kappa shape index (κ1) is 51.2. The van der Waals surface area contributed by atoms with Crippen LogP contribution in [0.2, 0.25) is 0 Å². The van der Waals surface area contributed by atoms with Crippen LogP contribution >= 0.6 is 7.82 Å². The first-order chi connectivity index (χ1) is 25.0. The minimum atomic E-state index is -4.33. The molecule has 0 aliphatic heterocycles. The summed E-state index contributed by atoms with van der Waals surface area (Å²) in [4.78, 5) is 23.1. The zero-order chi connectivity index (χ0) is 38.6. The topological polar surface area (TPSA) is 105 Å². The summed E-state index contributed by atoms with van der Waals surface area (Å²) >= 11 is 0. The fourth-order valence-corrected chi connectivity index (χ4v) is 7.19. The lowest BCUT2D eigenvalue weighted by molar-refractivity contribution is -0.870. The maximum Gasteiger partial charge on any atom is 0.472 e. The summed E-state index contributed by atoms with van der Waals surface area (Å²) in [7, 11) is 1.58. The van der Waals surface area contributed by atoms with E-state index in [2.05, 4.69) is 19.2 Å². The number of aliphatic hydroxyl groups is 1. The van der Waals surface area contributed by atoms with Crippen molar-refractivity contribution in [3.05, 3.63) is 12.2 Å². The van der Waals surface area contributed by atoms with Gasteiger partial charge in [-0.2, -0.15) is 0 Å². The smallest absolute Gasteiger partial charge is 0.387 e. The van der Waals surface area contributed by atoms with Crippen molar-refractivity contribution < 1.29 is 32.9 Å². The summed E-state index contributed by atoms with van der Waals surface area (Å²) in [5.41, 5.74) is 0. The van der Waals surface area contributed by atoms with Gasteiger partial charge in [-0.1, -0.05) is 193 Å². The number of carbonyl (C=O) groups excluding carboxylic acids is 1. The van der Waals surface area contributed by atoms with E-state index in [9.17, 15) is 19.4 Å². The van der Waals surface area contributed by atoms with Gasteiger partial charge in [0.25, 0.3) is 0 Å². The summed E-state index contributed by atoms with van der Waals surface area (Å²) < 4.78 is 23.5. The molecule has 0 saturated heterocycles. The van der Waals surface area contributed by atoms with E-state index >= 15 is 0 Å². The molecular formula is C43H88N2O6P+. The predicted molar refractivity (Wildman–Crippen MR) is 222 cm³/mol. The summed E-state index contributed by atoms with van der Waals surface area (Å²) in [5, 5.41) is 13.8. The Morgan fingerprint density at radius 1 is 0.635 bits per heavy atom. The zero-order valence-corrected chi connectivity index (χ0v) is 36.0. The Labute approximate surface area is 322 Å². The molecule has 3 N–H and O–H groups in total. The second-order valence-corrected chi connectivity index (χ2v) is 17.9. The first-order valence-corrected chi connectivity index (χ1v) is 23.6. The standard InChI is InChI=1S/C43H87N2O6P/c1-6-8-10-12-14-16-18-20-22-23-25-27-29-31-33-35-37-43(47)44-41(40-51-52(48,49)50-39-38-45(3,4)5)42(46)36-34-32-30-28-26-24-21-19-17-15-13-11-9-7-2/h34,36,41-42,46H,6-33,35,37-40H2,1-5H3,(H-,44,47,48,49)/p+1/b36-34+. The van der Waals surface area contributed by atoms with Crippen LogP contribution in [0.25, 0.3) is 0 Å². The lowest BCUT2D eigenvalue weighted by atomic mass is 10.0. The number of quaternary nitrogens is 1. The highest BCUT2D eigenvalue weighted by Crippen LogP contribution is 2.43. The van der Waals surface area contributed by atoms with Gasteiger partial charge in [0.05, 0.1) is 39.9 Å². The van der Waals surface area contributed by atoms with E-state index < -0.39 is 20.0 Å². The third-order valence-electron chi connectivity index (χ3n) is 10.0. The molecule has 3 unspecified atom stereocenters. The highest BCUT2D eigenvalue weighted by atomic mass is 31.2. The Morgan fingerprint density at radius 3 is 1.42 bits per heavy atom. The van der Waals surface area contributed by atoms with Gasteiger partial charge in [-0.15, -0.1) is 0 Å². The molecule has 0 radical (unpaired) electrons. The number of phosphoric ester groups is 1. The molecule has 0 aromatic heterocycles. The highest BCUT2D eigenvalue weighted by molar-refractivity contribution is 7.47. The van der Waals surface area contributed by atoms with Crippen molar-refractivity contribution in [2.45, 2.75) is 219 Å². The average Bonchev–Trinajstić information content (AvgIpc) is 3.09. The molecule has 1 amide bonds. The zero-order valence-electron chi connectivity index (χ0n) is 35.1. The third-order valence-corrected chi connectivity index (χ3v) is 11.0. The molecule has 0 fully saturated rings. The minimum Gasteiger partial charge on any atom is -0.387 e. The third kappa shape index (κ3) is 37.6. The van der Waals surface area contributed by atoms with E-state index in [0.29, 0.717) is 17.4 Å². The van der Waals surface area contributed by atoms with Crippen LogP contribution < -0.4 is 5.32 Å². The van der Waals surface area contributed by atoms with Crippen LogP contribution in [0.5, 0.6) is 0 Å². The van der Waals surface area contributed by atoms with Crippen LogP contribution in [0.4, 0.5) is 0 Å². The Bertz CT molecular complexity index is 865. The molecule has 3 atom stereocenters. The molecule has 8 nitrogen and oxygen atoms in total. The minimum absolute atomic E-state index is 0.0645. The molecule has 0 saturated carbocycles. The number of phosphoric acid groups is 1. The molecular weight excluding hydrogens is 671 g/mol. The van der Waals surface area contributed by atoms with E-state index in [1.165, 1.54) is 148 Å². The fraction of sp³-hybridized carbons (Fsp3) is 0.930. The second-order valence-electron chi connectivity index (χ2n) is 16.4. The molecule has 52 heavy (non-hydrogen) atoms. The Kier molecular flexibility index (Phi) is 35.4. The van der Waals surface area contributed by atoms with Gasteiger partial charge in [0.15, 0.2) is 0 Å². The number of unbranched alkanes of at least 4 members (excludes halogenated alkanes) is 27. The van der Waals surface area contributed by atoms with Crippen molar-refractivity contribution in [3.63, 3.8) is 0 Å². The lowest BCUT2D eigenvalue weighted by Gasteiger charge is -2.25. The Balaban J connectivity index is 4.41. The van der Waals surface area contributed by atoms with Crippen molar-refractivity contribution >= 4 is 13.7 Å². The van der Waals surface area contributed by atoms with Crippen LogP contribution in [0, 0.1) is 0 Å². The summed E-state index contributed by atoms with van der Waals surface area (Å²) in [6.45, 7) is 4.82. The van der Waals surface area contributed by atoms with E-state index in [4.69, 9.17) is 9.05 Å². The predicted octanol–water partition coefficient (Wildman–Crippen LogP) is 12.0. The number of allylic oxidation sites excluding steroid dienone is 1. The molecule has 0 bridgehead atoms. The van der Waals surface area contributed by atoms with Crippen LogP contribution in [-0.2, 0) is 18.4 Å². The summed E-state index contributed by atoms with van der Waals surface area (Å²) in [6.07, 6.45) is 39.8. The number of hydrogen-bond donors (Lipinski definition) is 3. The van der Waals surface area contributed by atoms with Gasteiger partial charge in [0.2, 0.25) is 5.91 Å².